The highest BCUT2D eigenvalue weighted by Crippen LogP contribution is 2.54. The van der Waals surface area contributed by atoms with Crippen LogP contribution in [0.3, 0.4) is 0 Å². The van der Waals surface area contributed by atoms with E-state index in [2.05, 4.69) is 64.3 Å². The molecule has 5 rings (SSSR count). The number of rotatable bonds is 8. The first kappa shape index (κ1) is 28.8. The topological polar surface area (TPSA) is 110 Å². The number of benzene rings is 1. The minimum Gasteiger partial charge on any atom is -0.481 e. The van der Waals surface area contributed by atoms with Crippen molar-refractivity contribution >= 4 is 22.3 Å². The Morgan fingerprint density at radius 2 is 1.98 bits per heavy atom. The molecule has 1 fully saturated rings. The predicted molar refractivity (Wildman–Crippen MR) is 154 cm³/mol. The lowest BCUT2D eigenvalue weighted by Crippen LogP contribution is -2.52. The number of nitrogens with one attached hydrogen (secondary N) is 4. The number of pyridine rings is 2. The molecule has 3 aromatic rings. The minimum atomic E-state index is -4.42. The Morgan fingerprint density at radius 3 is 2.60 bits per heavy atom. The summed E-state index contributed by atoms with van der Waals surface area (Å²) < 4.78 is 47.2. The molecule has 3 heterocycles. The van der Waals surface area contributed by atoms with E-state index in [-0.39, 0.29) is 18.3 Å². The van der Waals surface area contributed by atoms with Gasteiger partial charge in [-0.1, -0.05) is 26.7 Å². The molecule has 12 heteroatoms. The molecule has 0 spiro atoms. The van der Waals surface area contributed by atoms with Crippen LogP contribution in [0.5, 0.6) is 5.88 Å². The average Bonchev–Trinajstić information content (AvgIpc) is 3.64. The van der Waals surface area contributed by atoms with Crippen LogP contribution in [0, 0.1) is 29.1 Å². The summed E-state index contributed by atoms with van der Waals surface area (Å²) >= 11 is 0. The number of hydrazine groups is 2. The highest BCUT2D eigenvalue weighted by Gasteiger charge is 2.67. The van der Waals surface area contributed by atoms with Gasteiger partial charge in [0.05, 0.1) is 41.2 Å². The van der Waals surface area contributed by atoms with Crippen molar-refractivity contribution in [2.75, 3.05) is 24.3 Å². The number of methoxy groups -OCH3 is 1. The van der Waals surface area contributed by atoms with Crippen LogP contribution >= 0.6 is 0 Å². The minimum absolute atomic E-state index is 0.0195. The van der Waals surface area contributed by atoms with Gasteiger partial charge in [-0.15, -0.1) is 12.0 Å². The van der Waals surface area contributed by atoms with Gasteiger partial charge in [-0.2, -0.15) is 18.4 Å². The van der Waals surface area contributed by atoms with Gasteiger partial charge in [0, 0.05) is 41.8 Å². The van der Waals surface area contributed by atoms with E-state index in [0.717, 1.165) is 5.01 Å². The third-order valence-electron chi connectivity index (χ3n) is 7.27. The normalized spacial score (nSPS) is 16.6. The van der Waals surface area contributed by atoms with Crippen molar-refractivity contribution in [1.29, 1.82) is 5.26 Å². The maximum atomic E-state index is 13.9. The van der Waals surface area contributed by atoms with Crippen molar-refractivity contribution in [3.8, 4) is 24.3 Å². The fourth-order valence-electron chi connectivity index (χ4n) is 4.89. The summed E-state index contributed by atoms with van der Waals surface area (Å²) in [6, 6.07) is 8.42. The number of aromatic nitrogens is 2. The quantitative estimate of drug-likeness (QED) is 0.263. The van der Waals surface area contributed by atoms with Crippen LogP contribution in [-0.2, 0) is 0 Å². The molecule has 0 radical (unpaired) electrons. The molecule has 218 valence electrons. The van der Waals surface area contributed by atoms with Gasteiger partial charge in [0.15, 0.2) is 5.54 Å². The first-order chi connectivity index (χ1) is 19.9. The lowest BCUT2D eigenvalue weighted by Gasteiger charge is -2.28. The zero-order valence-corrected chi connectivity index (χ0v) is 23.6. The molecule has 0 bridgehead atoms. The van der Waals surface area contributed by atoms with Gasteiger partial charge >= 0.3 is 6.18 Å². The number of nitriles is 1. The fraction of sp³-hybridized carbons (Fsp3) is 0.367. The zero-order valence-electron chi connectivity index (χ0n) is 23.6. The van der Waals surface area contributed by atoms with E-state index >= 15 is 0 Å². The van der Waals surface area contributed by atoms with Crippen molar-refractivity contribution in [3.05, 3.63) is 65.2 Å². The number of terminal acetylenes is 1. The first-order valence-electron chi connectivity index (χ1n) is 13.3. The molecule has 1 aliphatic heterocycles. The molecule has 1 saturated carbocycles. The van der Waals surface area contributed by atoms with Crippen LogP contribution in [0.1, 0.15) is 56.3 Å². The number of hydrogen-bond acceptors (Lipinski definition) is 9. The van der Waals surface area contributed by atoms with Crippen molar-refractivity contribution in [1.82, 2.24) is 25.9 Å². The molecule has 0 unspecified atom stereocenters. The second-order valence-corrected chi connectivity index (χ2v) is 11.5. The second kappa shape index (κ2) is 10.6. The number of fused-ring (bicyclic) bond motifs is 1. The van der Waals surface area contributed by atoms with Crippen molar-refractivity contribution in [2.24, 2.45) is 5.41 Å². The first-order valence-corrected chi connectivity index (χ1v) is 13.3. The summed E-state index contributed by atoms with van der Waals surface area (Å²) in [5.74, 6) is 2.96. The highest BCUT2D eigenvalue weighted by molar-refractivity contribution is 5.99. The van der Waals surface area contributed by atoms with E-state index in [0.29, 0.717) is 57.1 Å². The SMILES string of the molecule is C#Cc1cnc2c(C#N)cc(N[C@H](C3=CN(C4(C(F)(F)F)CC4)NN3)c3cccnc3OC)cc2c1NCC(C)(C)C. The van der Waals surface area contributed by atoms with Crippen LogP contribution in [0.25, 0.3) is 10.9 Å². The molecule has 2 aliphatic rings. The summed E-state index contributed by atoms with van der Waals surface area (Å²) in [5.41, 5.74) is 7.00. The molecule has 4 N–H and O–H groups in total. The molecule has 1 atom stereocenters. The van der Waals surface area contributed by atoms with Crippen LogP contribution in [-0.4, -0.2) is 40.3 Å². The van der Waals surface area contributed by atoms with E-state index in [4.69, 9.17) is 11.2 Å². The van der Waals surface area contributed by atoms with E-state index in [9.17, 15) is 18.4 Å². The Bertz CT molecular complexity index is 1630. The Balaban J connectivity index is 1.61. The summed E-state index contributed by atoms with van der Waals surface area (Å²) in [7, 11) is 1.47. The summed E-state index contributed by atoms with van der Waals surface area (Å²) in [5, 5.41) is 18.6. The van der Waals surface area contributed by atoms with Crippen molar-refractivity contribution in [3.63, 3.8) is 0 Å². The third kappa shape index (κ3) is 5.33. The van der Waals surface area contributed by atoms with Crippen LogP contribution in [0.2, 0.25) is 0 Å². The number of halogens is 3. The number of hydrogen-bond donors (Lipinski definition) is 4. The molecule has 2 aromatic heterocycles. The van der Waals surface area contributed by atoms with Gasteiger partial charge < -0.3 is 20.8 Å². The van der Waals surface area contributed by atoms with Crippen molar-refractivity contribution < 1.29 is 17.9 Å². The molecule has 0 saturated heterocycles. The maximum absolute atomic E-state index is 13.9. The molecule has 1 aliphatic carbocycles. The highest BCUT2D eigenvalue weighted by atomic mass is 19.4. The summed E-state index contributed by atoms with van der Waals surface area (Å²) in [6.45, 7) is 6.86. The van der Waals surface area contributed by atoms with Crippen molar-refractivity contribution in [2.45, 2.75) is 51.4 Å². The van der Waals surface area contributed by atoms with E-state index in [1.54, 1.807) is 30.6 Å². The Hall–Kier alpha value is -4.68. The third-order valence-corrected chi connectivity index (χ3v) is 7.27. The fourth-order valence-corrected chi connectivity index (χ4v) is 4.89. The van der Waals surface area contributed by atoms with Gasteiger partial charge in [0.25, 0.3) is 0 Å². The second-order valence-electron chi connectivity index (χ2n) is 11.5. The smallest absolute Gasteiger partial charge is 0.413 e. The maximum Gasteiger partial charge on any atom is 0.413 e. The van der Waals surface area contributed by atoms with Crippen LogP contribution in [0.15, 0.2) is 48.6 Å². The Morgan fingerprint density at radius 1 is 1.21 bits per heavy atom. The number of anilines is 2. The summed E-state index contributed by atoms with van der Waals surface area (Å²) in [4.78, 5) is 8.76. The van der Waals surface area contributed by atoms with Gasteiger partial charge in [0.2, 0.25) is 5.88 Å². The lowest BCUT2D eigenvalue weighted by molar-refractivity contribution is -0.195. The Kier molecular flexibility index (Phi) is 7.29. The van der Waals surface area contributed by atoms with Gasteiger partial charge in [-0.25, -0.2) is 4.98 Å². The largest absolute Gasteiger partial charge is 0.481 e. The molecule has 1 aromatic carbocycles. The average molecular weight is 577 g/mol. The molecule has 9 nitrogen and oxygen atoms in total. The molecular formula is C30H31F3N8O. The zero-order chi connectivity index (χ0) is 30.3. The number of alkyl halides is 3. The summed E-state index contributed by atoms with van der Waals surface area (Å²) in [6.07, 6.45) is 5.88. The Labute approximate surface area is 242 Å². The van der Waals surface area contributed by atoms with Gasteiger partial charge in [0.1, 0.15) is 6.07 Å². The molecule has 42 heavy (non-hydrogen) atoms. The van der Waals surface area contributed by atoms with E-state index in [1.807, 2.05) is 6.07 Å². The molecular weight excluding hydrogens is 545 g/mol. The van der Waals surface area contributed by atoms with Crippen LogP contribution in [0.4, 0.5) is 24.5 Å². The lowest BCUT2D eigenvalue weighted by atomic mass is 9.96. The number of ether oxygens (including phenoxy) is 1. The van der Waals surface area contributed by atoms with E-state index in [1.165, 1.54) is 13.3 Å². The number of nitrogens with zero attached hydrogens (tertiary/aromatic N) is 4. The molecule has 0 amide bonds. The predicted octanol–water partition coefficient (Wildman–Crippen LogP) is 5.36. The standard InChI is InChI=1S/C30H31F3N8O/c1-6-18-15-36-25-19(14-34)12-20(13-22(25)24(18)37-17-28(2,3)4)38-26(21-8-7-11-35-27(21)42-5)23-16-41(40-39-23)29(9-10-29)30(31,32)33/h1,7-8,11-13,15-16,26,38-40H,9-10,17H2,2-5H3,(H,36,37)/t26-/m0/s1. The van der Waals surface area contributed by atoms with Crippen LogP contribution < -0.4 is 26.3 Å². The van der Waals surface area contributed by atoms with Gasteiger partial charge in [-0.3, -0.25) is 9.99 Å². The van der Waals surface area contributed by atoms with E-state index < -0.39 is 17.8 Å². The van der Waals surface area contributed by atoms with Gasteiger partial charge in [-0.05, 0) is 42.5 Å². The monoisotopic (exact) mass is 576 g/mol.